The second kappa shape index (κ2) is 6.07. The normalized spacial score (nSPS) is 10.3. The lowest BCUT2D eigenvalue weighted by molar-refractivity contribution is 0.654. The number of pyridine rings is 1. The Morgan fingerprint density at radius 2 is 2.31 bits per heavy atom. The number of halogens is 1. The number of nitrogens with two attached hydrogens (primary N) is 1. The Balaban J connectivity index is 2.25. The molecule has 1 rings (SSSR count). The zero-order chi connectivity index (χ0) is 9.52. The zero-order valence-corrected chi connectivity index (χ0v) is 9.05. The zero-order valence-electron chi connectivity index (χ0n) is 7.46. The molecule has 1 aromatic rings. The average Bonchev–Trinajstić information content (AvgIpc) is 2.15. The number of rotatable bonds is 5. The van der Waals surface area contributed by atoms with Crippen molar-refractivity contribution in [2.24, 2.45) is 5.73 Å². The van der Waals surface area contributed by atoms with Gasteiger partial charge in [-0.25, -0.2) is 4.98 Å². The van der Waals surface area contributed by atoms with Crippen LogP contribution in [0.1, 0.15) is 12.0 Å². The summed E-state index contributed by atoms with van der Waals surface area (Å²) in [5, 5.41) is 3.29. The van der Waals surface area contributed by atoms with Crippen molar-refractivity contribution in [1.29, 1.82) is 0 Å². The van der Waals surface area contributed by atoms with Gasteiger partial charge in [-0.3, -0.25) is 0 Å². The van der Waals surface area contributed by atoms with Gasteiger partial charge < -0.3 is 11.1 Å². The molecular weight excluding hydrogens is 230 g/mol. The summed E-state index contributed by atoms with van der Waals surface area (Å²) in [7, 11) is 0. The van der Waals surface area contributed by atoms with Gasteiger partial charge in [0.15, 0.2) is 0 Å². The predicted molar refractivity (Wildman–Crippen MR) is 57.3 cm³/mol. The molecule has 72 valence electrons. The monoisotopic (exact) mass is 243 g/mol. The molecule has 1 heterocycles. The molecule has 0 bridgehead atoms. The van der Waals surface area contributed by atoms with E-state index in [4.69, 9.17) is 5.73 Å². The van der Waals surface area contributed by atoms with Gasteiger partial charge in [0.25, 0.3) is 0 Å². The third kappa shape index (κ3) is 4.36. The molecule has 0 radical (unpaired) electrons. The summed E-state index contributed by atoms with van der Waals surface area (Å²) in [6.45, 7) is 2.57. The Labute approximate surface area is 86.9 Å². The lowest BCUT2D eigenvalue weighted by atomic mass is 10.3. The lowest BCUT2D eigenvalue weighted by Gasteiger charge is -2.02. The van der Waals surface area contributed by atoms with E-state index in [1.807, 2.05) is 18.3 Å². The van der Waals surface area contributed by atoms with E-state index in [1.54, 1.807) is 0 Å². The first-order chi connectivity index (χ1) is 6.33. The van der Waals surface area contributed by atoms with Gasteiger partial charge in [-0.2, -0.15) is 0 Å². The Hall–Kier alpha value is -0.450. The highest BCUT2D eigenvalue weighted by Crippen LogP contribution is 2.05. The van der Waals surface area contributed by atoms with Crippen LogP contribution in [0.15, 0.2) is 22.9 Å². The first-order valence-corrected chi connectivity index (χ1v) is 5.13. The van der Waals surface area contributed by atoms with E-state index < -0.39 is 0 Å². The van der Waals surface area contributed by atoms with Crippen molar-refractivity contribution in [3.63, 3.8) is 0 Å². The van der Waals surface area contributed by atoms with E-state index in [1.165, 1.54) is 5.56 Å². The van der Waals surface area contributed by atoms with Gasteiger partial charge in [-0.05, 0) is 47.1 Å². The Morgan fingerprint density at radius 3 is 2.92 bits per heavy atom. The topological polar surface area (TPSA) is 50.9 Å². The average molecular weight is 244 g/mol. The van der Waals surface area contributed by atoms with Crippen molar-refractivity contribution in [1.82, 2.24) is 10.3 Å². The van der Waals surface area contributed by atoms with Crippen molar-refractivity contribution in [2.45, 2.75) is 13.0 Å². The smallest absolute Gasteiger partial charge is 0.106 e. The third-order valence-corrected chi connectivity index (χ3v) is 2.14. The number of nitrogens with zero attached hydrogens (tertiary/aromatic N) is 1. The molecule has 4 heteroatoms. The largest absolute Gasteiger partial charge is 0.330 e. The van der Waals surface area contributed by atoms with Crippen molar-refractivity contribution in [2.75, 3.05) is 13.1 Å². The van der Waals surface area contributed by atoms with E-state index in [0.717, 1.165) is 30.7 Å². The van der Waals surface area contributed by atoms with E-state index in [2.05, 4.69) is 26.2 Å². The Morgan fingerprint density at radius 1 is 1.46 bits per heavy atom. The summed E-state index contributed by atoms with van der Waals surface area (Å²) in [5.74, 6) is 0. The van der Waals surface area contributed by atoms with Gasteiger partial charge in [0, 0.05) is 12.7 Å². The quantitative estimate of drug-likeness (QED) is 0.606. The van der Waals surface area contributed by atoms with Crippen LogP contribution >= 0.6 is 15.9 Å². The van der Waals surface area contributed by atoms with Crippen LogP contribution in [-0.2, 0) is 6.54 Å². The summed E-state index contributed by atoms with van der Waals surface area (Å²) in [6.07, 6.45) is 2.88. The Bertz CT molecular complexity index is 235. The molecule has 1 aromatic heterocycles. The second-order valence-electron chi connectivity index (χ2n) is 2.81. The summed E-state index contributed by atoms with van der Waals surface area (Å²) < 4.78 is 0.873. The van der Waals surface area contributed by atoms with Crippen LogP contribution in [0.5, 0.6) is 0 Å². The maximum Gasteiger partial charge on any atom is 0.106 e. The van der Waals surface area contributed by atoms with Crippen LogP contribution in [-0.4, -0.2) is 18.1 Å². The molecule has 0 atom stereocenters. The number of hydrogen-bond acceptors (Lipinski definition) is 3. The highest BCUT2D eigenvalue weighted by molar-refractivity contribution is 9.10. The minimum Gasteiger partial charge on any atom is -0.330 e. The molecule has 0 amide bonds. The van der Waals surface area contributed by atoms with Gasteiger partial charge in [0.05, 0.1) is 0 Å². The van der Waals surface area contributed by atoms with Crippen LogP contribution < -0.4 is 11.1 Å². The van der Waals surface area contributed by atoms with Crippen molar-refractivity contribution in [3.8, 4) is 0 Å². The third-order valence-electron chi connectivity index (χ3n) is 1.68. The fourth-order valence-corrected chi connectivity index (χ4v) is 1.21. The molecule has 0 aliphatic heterocycles. The van der Waals surface area contributed by atoms with E-state index in [-0.39, 0.29) is 0 Å². The minimum atomic E-state index is 0.742. The molecule has 0 aliphatic carbocycles. The van der Waals surface area contributed by atoms with Crippen molar-refractivity contribution >= 4 is 15.9 Å². The summed E-state index contributed by atoms with van der Waals surface area (Å²) in [4.78, 5) is 4.13. The molecule has 0 spiro atoms. The van der Waals surface area contributed by atoms with E-state index in [0.29, 0.717) is 0 Å². The number of nitrogens with one attached hydrogen (secondary N) is 1. The molecule has 0 aromatic carbocycles. The second-order valence-corrected chi connectivity index (χ2v) is 3.62. The van der Waals surface area contributed by atoms with Gasteiger partial charge in [-0.15, -0.1) is 0 Å². The first-order valence-electron chi connectivity index (χ1n) is 4.34. The number of aromatic nitrogens is 1. The summed E-state index contributed by atoms with van der Waals surface area (Å²) in [6, 6.07) is 3.99. The molecular formula is C9H14BrN3. The molecule has 0 saturated carbocycles. The highest BCUT2D eigenvalue weighted by atomic mass is 79.9. The summed E-state index contributed by atoms with van der Waals surface area (Å²) >= 11 is 3.29. The molecule has 0 aliphatic rings. The van der Waals surface area contributed by atoms with Gasteiger partial charge >= 0.3 is 0 Å². The fraction of sp³-hybridized carbons (Fsp3) is 0.444. The van der Waals surface area contributed by atoms with Crippen LogP contribution in [0.4, 0.5) is 0 Å². The maximum atomic E-state index is 5.37. The van der Waals surface area contributed by atoms with Gasteiger partial charge in [0.2, 0.25) is 0 Å². The molecule has 3 N–H and O–H groups in total. The molecule has 13 heavy (non-hydrogen) atoms. The maximum absolute atomic E-state index is 5.37. The predicted octanol–water partition coefficient (Wildman–Crippen LogP) is 1.28. The number of hydrogen-bond donors (Lipinski definition) is 2. The van der Waals surface area contributed by atoms with Crippen molar-refractivity contribution in [3.05, 3.63) is 28.5 Å². The lowest BCUT2D eigenvalue weighted by Crippen LogP contribution is -2.17. The van der Waals surface area contributed by atoms with E-state index >= 15 is 0 Å². The van der Waals surface area contributed by atoms with Crippen LogP contribution in [0.2, 0.25) is 0 Å². The van der Waals surface area contributed by atoms with Crippen LogP contribution in [0.3, 0.4) is 0 Å². The molecule has 0 saturated heterocycles. The standard InChI is InChI=1S/C9H14BrN3/c10-9-3-2-8(7-13-9)6-12-5-1-4-11/h2-3,7,12H,1,4-6,11H2. The van der Waals surface area contributed by atoms with Crippen molar-refractivity contribution < 1.29 is 0 Å². The minimum absolute atomic E-state index is 0.742. The van der Waals surface area contributed by atoms with Gasteiger partial charge in [0.1, 0.15) is 4.60 Å². The summed E-state index contributed by atoms with van der Waals surface area (Å²) in [5.41, 5.74) is 6.56. The molecule has 0 fully saturated rings. The Kier molecular flexibility index (Phi) is 4.97. The first kappa shape index (κ1) is 10.6. The van der Waals surface area contributed by atoms with Crippen LogP contribution in [0.25, 0.3) is 0 Å². The fourth-order valence-electron chi connectivity index (χ4n) is 0.971. The van der Waals surface area contributed by atoms with Crippen LogP contribution in [0, 0.1) is 0 Å². The van der Waals surface area contributed by atoms with E-state index in [9.17, 15) is 0 Å². The van der Waals surface area contributed by atoms with Gasteiger partial charge in [-0.1, -0.05) is 6.07 Å². The molecule has 0 unspecified atom stereocenters. The highest BCUT2D eigenvalue weighted by Gasteiger charge is 1.92. The molecule has 3 nitrogen and oxygen atoms in total. The SMILES string of the molecule is NCCCNCc1ccc(Br)nc1.